The zero-order chi connectivity index (χ0) is 16.3. The molecule has 0 saturated carbocycles. The molecule has 0 aromatic carbocycles. The Hall–Kier alpha value is -1.38. The highest BCUT2D eigenvalue weighted by atomic mass is 19.3. The number of alkyl halides is 4. The maximum atomic E-state index is 13.1. The Bertz CT molecular complexity index is 503. The highest BCUT2D eigenvalue weighted by molar-refractivity contribution is 5.82. The van der Waals surface area contributed by atoms with Gasteiger partial charge >= 0.3 is 23.8 Å². The van der Waals surface area contributed by atoms with Gasteiger partial charge in [-0.05, 0) is 6.42 Å². The third-order valence-electron chi connectivity index (χ3n) is 4.42. The lowest BCUT2D eigenvalue weighted by molar-refractivity contribution is -0.207. The molecule has 5 atom stereocenters. The SMILES string of the molecule is CC(F)(F)C(F)(F)CCOC(=O)C1C2CC3C(=O)OC1C3O2. The molecule has 3 aliphatic rings. The lowest BCUT2D eigenvalue weighted by atomic mass is 9.82. The van der Waals surface area contributed by atoms with Gasteiger partial charge in [-0.3, -0.25) is 9.59 Å². The topological polar surface area (TPSA) is 61.8 Å². The summed E-state index contributed by atoms with van der Waals surface area (Å²) in [7, 11) is 0. The highest BCUT2D eigenvalue weighted by Gasteiger charge is 2.66. The van der Waals surface area contributed by atoms with Gasteiger partial charge in [0.1, 0.15) is 18.1 Å². The number of carbonyl (C=O) groups is 2. The molecule has 3 fully saturated rings. The monoisotopic (exact) mass is 326 g/mol. The van der Waals surface area contributed by atoms with E-state index >= 15 is 0 Å². The number of rotatable bonds is 5. The van der Waals surface area contributed by atoms with E-state index in [4.69, 9.17) is 9.47 Å². The van der Waals surface area contributed by atoms with Gasteiger partial charge in [0.25, 0.3) is 0 Å². The van der Waals surface area contributed by atoms with Gasteiger partial charge in [-0.25, -0.2) is 8.78 Å². The van der Waals surface area contributed by atoms with Crippen LogP contribution in [0.5, 0.6) is 0 Å². The van der Waals surface area contributed by atoms with Gasteiger partial charge in [0.05, 0.1) is 25.0 Å². The van der Waals surface area contributed by atoms with Crippen molar-refractivity contribution < 1.29 is 41.4 Å². The molecule has 9 heteroatoms. The first-order valence-electron chi connectivity index (χ1n) is 6.90. The van der Waals surface area contributed by atoms with Crippen LogP contribution in [0.1, 0.15) is 19.8 Å². The predicted molar refractivity (Wildman–Crippen MR) is 61.3 cm³/mol. The average Bonchev–Trinajstić information content (AvgIpc) is 2.98. The summed E-state index contributed by atoms with van der Waals surface area (Å²) in [5.74, 6) is -11.0. The number of ether oxygens (including phenoxy) is 3. The van der Waals surface area contributed by atoms with Gasteiger partial charge in [0, 0.05) is 6.92 Å². The van der Waals surface area contributed by atoms with Crippen LogP contribution in [-0.4, -0.2) is 48.7 Å². The van der Waals surface area contributed by atoms with E-state index in [0.717, 1.165) is 0 Å². The van der Waals surface area contributed by atoms with Crippen molar-refractivity contribution in [2.24, 2.45) is 11.8 Å². The molecule has 2 bridgehead atoms. The first-order valence-corrected chi connectivity index (χ1v) is 6.90. The van der Waals surface area contributed by atoms with Gasteiger partial charge in [-0.15, -0.1) is 0 Å². The summed E-state index contributed by atoms with van der Waals surface area (Å²) in [4.78, 5) is 23.4. The van der Waals surface area contributed by atoms with Crippen molar-refractivity contribution in [1.29, 1.82) is 0 Å². The van der Waals surface area contributed by atoms with Crippen LogP contribution in [0, 0.1) is 11.8 Å². The van der Waals surface area contributed by atoms with Gasteiger partial charge in [0.2, 0.25) is 0 Å². The van der Waals surface area contributed by atoms with Gasteiger partial charge < -0.3 is 14.2 Å². The smallest absolute Gasteiger partial charge is 0.315 e. The molecule has 0 radical (unpaired) electrons. The Morgan fingerprint density at radius 3 is 2.64 bits per heavy atom. The minimum Gasteiger partial charge on any atom is -0.465 e. The molecule has 3 saturated heterocycles. The largest absolute Gasteiger partial charge is 0.465 e. The van der Waals surface area contributed by atoms with Crippen molar-refractivity contribution >= 4 is 11.9 Å². The summed E-state index contributed by atoms with van der Waals surface area (Å²) >= 11 is 0. The molecule has 22 heavy (non-hydrogen) atoms. The summed E-state index contributed by atoms with van der Waals surface area (Å²) in [5, 5.41) is 0. The van der Waals surface area contributed by atoms with E-state index in [1.54, 1.807) is 0 Å². The Morgan fingerprint density at radius 2 is 2.00 bits per heavy atom. The van der Waals surface area contributed by atoms with E-state index in [2.05, 4.69) is 4.74 Å². The normalized spacial score (nSPS) is 36.6. The summed E-state index contributed by atoms with van der Waals surface area (Å²) in [5.41, 5.74) is 0. The van der Waals surface area contributed by atoms with Crippen LogP contribution in [0.3, 0.4) is 0 Å². The second kappa shape index (κ2) is 4.81. The van der Waals surface area contributed by atoms with Crippen molar-refractivity contribution in [3.63, 3.8) is 0 Å². The minimum absolute atomic E-state index is 0.108. The minimum atomic E-state index is -4.26. The quantitative estimate of drug-likeness (QED) is 0.566. The lowest BCUT2D eigenvalue weighted by Gasteiger charge is -2.24. The number of esters is 2. The zero-order valence-electron chi connectivity index (χ0n) is 11.6. The third kappa shape index (κ3) is 2.26. The fourth-order valence-electron chi connectivity index (χ4n) is 3.16. The standard InChI is InChI=1S/C13H14F4O5/c1-12(14,15)13(16,17)2-3-20-11(19)7-6-4-5-8(21-6)9(7)22-10(5)18/h5-9H,2-4H2,1H3. The summed E-state index contributed by atoms with van der Waals surface area (Å²) in [6.07, 6.45) is -2.78. The third-order valence-corrected chi connectivity index (χ3v) is 4.42. The molecule has 0 N–H and O–H groups in total. The summed E-state index contributed by atoms with van der Waals surface area (Å²) in [6, 6.07) is 0. The van der Waals surface area contributed by atoms with E-state index in [1.807, 2.05) is 0 Å². The molecule has 3 aliphatic heterocycles. The number of hydrogen-bond acceptors (Lipinski definition) is 5. The Kier molecular flexibility index (Phi) is 3.39. The van der Waals surface area contributed by atoms with E-state index in [9.17, 15) is 27.2 Å². The zero-order valence-corrected chi connectivity index (χ0v) is 11.6. The number of hydrogen-bond donors (Lipinski definition) is 0. The van der Waals surface area contributed by atoms with Crippen molar-refractivity contribution in [2.75, 3.05) is 6.61 Å². The molecular weight excluding hydrogens is 312 g/mol. The molecule has 0 aromatic heterocycles. The highest BCUT2D eigenvalue weighted by Crippen LogP contribution is 2.49. The number of fused-ring (bicyclic) bond motifs is 1. The second-order valence-corrected chi connectivity index (χ2v) is 5.92. The average molecular weight is 326 g/mol. The number of halogens is 4. The van der Waals surface area contributed by atoms with Crippen LogP contribution in [0.2, 0.25) is 0 Å². The summed E-state index contributed by atoms with van der Waals surface area (Å²) in [6.45, 7) is -0.732. The van der Waals surface area contributed by atoms with Crippen LogP contribution in [0.4, 0.5) is 17.6 Å². The van der Waals surface area contributed by atoms with Crippen LogP contribution in [0.25, 0.3) is 0 Å². The molecular formula is C13H14F4O5. The lowest BCUT2D eigenvalue weighted by Crippen LogP contribution is -2.41. The van der Waals surface area contributed by atoms with Gasteiger partial charge in [0.15, 0.2) is 0 Å². The van der Waals surface area contributed by atoms with E-state index in [0.29, 0.717) is 6.42 Å². The fraction of sp³-hybridized carbons (Fsp3) is 0.846. The van der Waals surface area contributed by atoms with Crippen LogP contribution < -0.4 is 0 Å². The molecule has 0 aliphatic carbocycles. The van der Waals surface area contributed by atoms with E-state index in [1.165, 1.54) is 0 Å². The van der Waals surface area contributed by atoms with E-state index in [-0.39, 0.29) is 12.8 Å². The van der Waals surface area contributed by atoms with Gasteiger partial charge in [-0.2, -0.15) is 8.78 Å². The van der Waals surface area contributed by atoms with Gasteiger partial charge in [-0.1, -0.05) is 0 Å². The predicted octanol–water partition coefficient (Wildman–Crippen LogP) is 1.54. The van der Waals surface area contributed by atoms with E-state index < -0.39 is 61.0 Å². The molecule has 0 amide bonds. The van der Waals surface area contributed by atoms with Crippen molar-refractivity contribution in [3.8, 4) is 0 Å². The fourth-order valence-corrected chi connectivity index (χ4v) is 3.16. The molecule has 124 valence electrons. The Morgan fingerprint density at radius 1 is 1.32 bits per heavy atom. The molecule has 0 aromatic rings. The molecule has 3 heterocycles. The summed E-state index contributed by atoms with van der Waals surface area (Å²) < 4.78 is 66.6. The van der Waals surface area contributed by atoms with Crippen molar-refractivity contribution in [1.82, 2.24) is 0 Å². The van der Waals surface area contributed by atoms with Crippen molar-refractivity contribution in [3.05, 3.63) is 0 Å². The van der Waals surface area contributed by atoms with Crippen LogP contribution >= 0.6 is 0 Å². The molecule has 5 unspecified atom stereocenters. The molecule has 5 nitrogen and oxygen atoms in total. The van der Waals surface area contributed by atoms with Crippen LogP contribution in [-0.2, 0) is 23.8 Å². The maximum Gasteiger partial charge on any atom is 0.315 e. The van der Waals surface area contributed by atoms with Crippen LogP contribution in [0.15, 0.2) is 0 Å². The first-order chi connectivity index (χ1) is 10.1. The molecule has 3 rings (SSSR count). The van der Waals surface area contributed by atoms with Crippen molar-refractivity contribution in [2.45, 2.75) is 49.9 Å². The Balaban J connectivity index is 1.55. The maximum absolute atomic E-state index is 13.1. The Labute approximate surface area is 122 Å². The molecule has 0 spiro atoms. The number of carbonyl (C=O) groups excluding carboxylic acids is 2. The second-order valence-electron chi connectivity index (χ2n) is 5.92. The first kappa shape index (κ1) is 15.5.